The highest BCUT2D eigenvalue weighted by Crippen LogP contribution is 2.35. The minimum absolute atomic E-state index is 0.506. The van der Waals surface area contributed by atoms with Crippen LogP contribution in [-0.4, -0.2) is 23.9 Å². The summed E-state index contributed by atoms with van der Waals surface area (Å²) >= 11 is 0. The predicted octanol–water partition coefficient (Wildman–Crippen LogP) is 8.74. The number of fused-ring (bicyclic) bond motifs is 4. The van der Waals surface area contributed by atoms with Crippen LogP contribution < -0.4 is 4.65 Å². The molecule has 0 fully saturated rings. The number of nitrogens with zero attached hydrogens (tertiary/aromatic N) is 1. The lowest BCUT2D eigenvalue weighted by molar-refractivity contribution is 0.190. The van der Waals surface area contributed by atoms with Gasteiger partial charge in [0.2, 0.25) is 0 Å². The molecule has 0 saturated carbocycles. The Morgan fingerprint density at radius 3 is 2.00 bits per heavy atom. The monoisotopic (exact) mass is 507 g/mol. The van der Waals surface area contributed by atoms with Crippen LogP contribution in [0.1, 0.15) is 58.3 Å². The van der Waals surface area contributed by atoms with Crippen LogP contribution in [0.25, 0.3) is 32.3 Å². The third-order valence-electron chi connectivity index (χ3n) is 6.74. The van der Waals surface area contributed by atoms with Crippen LogP contribution >= 0.6 is 0 Å². The van der Waals surface area contributed by atoms with E-state index >= 15 is 0 Å². The quantitative estimate of drug-likeness (QED) is 0.0794. The zero-order valence-electron chi connectivity index (χ0n) is 22.4. The largest absolute Gasteiger partial charge is 0.710 e. The first-order valence-corrected chi connectivity index (χ1v) is 13.9. The number of rotatable bonds is 12. The maximum Gasteiger partial charge on any atom is 0.710 e. The summed E-state index contributed by atoms with van der Waals surface area (Å²) in [5.41, 5.74) is 0. The molecule has 0 unspecified atom stereocenters. The molecule has 5 aromatic rings. The van der Waals surface area contributed by atoms with E-state index in [9.17, 15) is 5.02 Å². The highest BCUT2D eigenvalue weighted by Gasteiger charge is 2.20. The molecule has 0 aliphatic rings. The molecule has 4 nitrogen and oxygen atoms in total. The van der Waals surface area contributed by atoms with E-state index in [1.165, 1.54) is 49.3 Å². The Morgan fingerprint density at radius 1 is 0.658 bits per heavy atom. The number of unbranched alkanes of at least 4 members (excludes halogenated alkanes) is 7. The van der Waals surface area contributed by atoms with Gasteiger partial charge in [0.05, 0.1) is 0 Å². The van der Waals surface area contributed by atoms with Gasteiger partial charge in [-0.1, -0.05) is 106 Å². The lowest BCUT2D eigenvalue weighted by Crippen LogP contribution is -2.26. The third-order valence-corrected chi connectivity index (χ3v) is 6.74. The third kappa shape index (κ3) is 8.05. The molecule has 0 spiro atoms. The van der Waals surface area contributed by atoms with E-state index in [-0.39, 0.29) is 0 Å². The molecule has 0 aliphatic heterocycles. The second-order valence-electron chi connectivity index (χ2n) is 9.64. The van der Waals surface area contributed by atoms with Gasteiger partial charge in [-0.3, -0.25) is 4.98 Å². The summed E-state index contributed by atoms with van der Waals surface area (Å²) in [6.07, 6.45) is 13.4. The molecule has 1 heterocycles. The van der Waals surface area contributed by atoms with Gasteiger partial charge in [-0.2, -0.15) is 0 Å². The summed E-state index contributed by atoms with van der Waals surface area (Å²) in [5, 5.41) is 17.1. The van der Waals surface area contributed by atoms with E-state index in [0.717, 1.165) is 34.4 Å². The van der Waals surface area contributed by atoms with Gasteiger partial charge in [-0.25, -0.2) is 0 Å². The van der Waals surface area contributed by atoms with Gasteiger partial charge in [0, 0.05) is 24.4 Å². The fourth-order valence-electron chi connectivity index (χ4n) is 4.74. The van der Waals surface area contributed by atoms with Crippen molar-refractivity contribution in [3.8, 4) is 5.75 Å². The number of pyridine rings is 1. The summed E-state index contributed by atoms with van der Waals surface area (Å²) < 4.78 is 11.4. The number of aromatic nitrogens is 1. The molecule has 0 radical (unpaired) electrons. The molecule has 1 N–H and O–H groups in total. The molecule has 0 bridgehead atoms. The molecule has 38 heavy (non-hydrogen) atoms. The molecule has 0 amide bonds. The number of hydrogen-bond acceptors (Lipinski definition) is 4. The Kier molecular flexibility index (Phi) is 11.0. The summed E-state index contributed by atoms with van der Waals surface area (Å²) in [5.74, 6) is 0.645. The van der Waals surface area contributed by atoms with Gasteiger partial charge in [0.15, 0.2) is 0 Å². The normalized spacial score (nSPS) is 10.9. The minimum Gasteiger partial charge on any atom is -0.511 e. The lowest BCUT2D eigenvalue weighted by Gasteiger charge is -2.14. The van der Waals surface area contributed by atoms with Crippen molar-refractivity contribution in [1.29, 1.82) is 0 Å². The van der Waals surface area contributed by atoms with Crippen LogP contribution in [0, 0.1) is 0 Å². The summed E-state index contributed by atoms with van der Waals surface area (Å²) in [4.78, 5) is 3.78. The molecular weight excluding hydrogens is 469 g/mol. The van der Waals surface area contributed by atoms with Gasteiger partial charge in [-0.15, -0.1) is 0 Å². The van der Waals surface area contributed by atoms with Gasteiger partial charge in [-0.05, 0) is 63.7 Å². The van der Waals surface area contributed by atoms with E-state index in [2.05, 4.69) is 66.5 Å². The van der Waals surface area contributed by atoms with Gasteiger partial charge < -0.3 is 14.3 Å². The van der Waals surface area contributed by atoms with Gasteiger partial charge in [0.25, 0.3) is 0 Å². The van der Waals surface area contributed by atoms with Crippen molar-refractivity contribution in [2.24, 2.45) is 0 Å². The van der Waals surface area contributed by atoms with Crippen LogP contribution in [0.3, 0.4) is 0 Å². The fraction of sp³-hybridized carbons (Fsp3) is 0.303. The molecule has 4 aromatic carbocycles. The minimum atomic E-state index is -1.26. The van der Waals surface area contributed by atoms with E-state index in [1.54, 1.807) is 12.4 Å². The Hall–Kier alpha value is -3.41. The van der Waals surface area contributed by atoms with Crippen LogP contribution in [-0.2, 0) is 4.65 Å². The van der Waals surface area contributed by atoms with Crippen molar-refractivity contribution in [1.82, 2.24) is 4.98 Å². The van der Waals surface area contributed by atoms with Crippen molar-refractivity contribution in [2.75, 3.05) is 6.61 Å². The van der Waals surface area contributed by atoms with E-state index in [1.807, 2.05) is 30.3 Å². The molecular formula is C33H38BNO3. The fourth-order valence-corrected chi connectivity index (χ4v) is 4.74. The highest BCUT2D eigenvalue weighted by molar-refractivity contribution is 6.36. The molecule has 0 atom stereocenters. The van der Waals surface area contributed by atoms with Crippen molar-refractivity contribution < 1.29 is 14.3 Å². The predicted molar refractivity (Wildman–Crippen MR) is 160 cm³/mol. The number of benzene rings is 4. The van der Waals surface area contributed by atoms with Gasteiger partial charge in [0.1, 0.15) is 5.75 Å². The van der Waals surface area contributed by atoms with Crippen molar-refractivity contribution in [3.63, 3.8) is 0 Å². The van der Waals surface area contributed by atoms with Crippen LogP contribution in [0.5, 0.6) is 5.75 Å². The Labute approximate surface area is 226 Å². The highest BCUT2D eigenvalue weighted by atomic mass is 16.7. The topological polar surface area (TPSA) is 51.6 Å². The zero-order chi connectivity index (χ0) is 26.4. The SMILES string of the molecule is CCCCCCCCCCOB(O)Oc1cccc2ccc3cc4ccccc4cc3c12.c1ccncc1. The molecule has 0 saturated heterocycles. The van der Waals surface area contributed by atoms with E-state index < -0.39 is 7.32 Å². The zero-order valence-corrected chi connectivity index (χ0v) is 22.4. The van der Waals surface area contributed by atoms with Crippen LogP contribution in [0.15, 0.2) is 97.3 Å². The first-order chi connectivity index (χ1) is 18.8. The van der Waals surface area contributed by atoms with Crippen molar-refractivity contribution >= 4 is 39.6 Å². The Morgan fingerprint density at radius 2 is 1.32 bits per heavy atom. The molecule has 1 aromatic heterocycles. The average molecular weight is 507 g/mol. The Bertz CT molecular complexity index is 1370. The first kappa shape index (κ1) is 27.6. The van der Waals surface area contributed by atoms with Crippen molar-refractivity contribution in [2.45, 2.75) is 58.3 Å². The number of hydrogen-bond donors (Lipinski definition) is 1. The second-order valence-corrected chi connectivity index (χ2v) is 9.64. The average Bonchev–Trinajstić information content (AvgIpc) is 2.96. The maximum atomic E-state index is 10.4. The van der Waals surface area contributed by atoms with Crippen molar-refractivity contribution in [3.05, 3.63) is 97.3 Å². The smallest absolute Gasteiger partial charge is 0.511 e. The second kappa shape index (κ2) is 15.1. The molecule has 0 aliphatic carbocycles. The molecule has 5 heteroatoms. The summed E-state index contributed by atoms with van der Waals surface area (Å²) in [6.45, 7) is 2.75. The summed E-state index contributed by atoms with van der Waals surface area (Å²) in [6, 6.07) is 28.7. The Balaban J connectivity index is 0.000000494. The lowest BCUT2D eigenvalue weighted by atomic mass is 9.97. The molecule has 196 valence electrons. The van der Waals surface area contributed by atoms with Crippen LogP contribution in [0.2, 0.25) is 0 Å². The standard InChI is InChI=1S/C28H33BO3.C5H5N/c1-2-3-4-5-6-7-8-11-19-31-29(30)32-27-16-12-15-22-17-18-25-20-23-13-9-10-14-24(23)21-26(25)28(22)27;1-2-4-6-5-3-1/h9-10,12-18,20-21,30H,2-8,11,19H2,1H3;1-5H. The van der Waals surface area contributed by atoms with Gasteiger partial charge >= 0.3 is 7.32 Å². The first-order valence-electron chi connectivity index (χ1n) is 13.9. The maximum absolute atomic E-state index is 10.4. The van der Waals surface area contributed by atoms with E-state index in [4.69, 9.17) is 9.31 Å². The van der Waals surface area contributed by atoms with Crippen LogP contribution in [0.4, 0.5) is 0 Å². The summed E-state index contributed by atoms with van der Waals surface area (Å²) in [7, 11) is -1.26. The van der Waals surface area contributed by atoms with E-state index in [0.29, 0.717) is 12.4 Å². The molecule has 5 rings (SSSR count).